The highest BCUT2D eigenvalue weighted by atomic mass is 19.4. The molecule has 0 spiro atoms. The molecule has 0 radical (unpaired) electrons. The van der Waals surface area contributed by atoms with E-state index in [2.05, 4.69) is 25.5 Å². The topological polar surface area (TPSA) is 138 Å². The monoisotopic (exact) mass is 530 g/mol. The molecule has 1 aliphatic heterocycles. The van der Waals surface area contributed by atoms with Crippen LogP contribution in [0.2, 0.25) is 0 Å². The molecule has 0 aliphatic carbocycles. The molecule has 1 aliphatic rings. The van der Waals surface area contributed by atoms with E-state index in [0.717, 1.165) is 44.0 Å². The zero-order valence-electron chi connectivity index (χ0n) is 18.7. The number of hydrogen-bond donors (Lipinski definition) is 3. The lowest BCUT2D eigenvalue weighted by atomic mass is 10.2. The standard InChI is InChI=1S/C16H22N4O2.2C2HF3O2/c21-8-9-22-12-15-16-11-19(6-3-7-20(16)13-18-15)10-14-4-1-2-5-17-14;2*3-2(4,5)1(6)7/h1-2,4-5,13,21H,3,6-12H2;2*(H,6,7). The van der Waals surface area contributed by atoms with Gasteiger partial charge in [-0.2, -0.15) is 26.3 Å². The molecule has 0 saturated heterocycles. The first-order valence-corrected chi connectivity index (χ1v) is 10.2. The molecule has 10 nitrogen and oxygen atoms in total. The van der Waals surface area contributed by atoms with Crippen LogP contribution in [-0.2, 0) is 40.6 Å². The molecule has 0 aromatic carbocycles. The van der Waals surface area contributed by atoms with Gasteiger partial charge in [0.05, 0.1) is 43.2 Å². The number of aromatic nitrogens is 3. The molecule has 2 aromatic rings. The van der Waals surface area contributed by atoms with Crippen molar-refractivity contribution >= 4 is 11.9 Å². The van der Waals surface area contributed by atoms with Crippen LogP contribution in [0.4, 0.5) is 26.3 Å². The van der Waals surface area contributed by atoms with Crippen LogP contribution in [0.15, 0.2) is 30.7 Å². The van der Waals surface area contributed by atoms with E-state index >= 15 is 0 Å². The second-order valence-electron chi connectivity index (χ2n) is 7.10. The largest absolute Gasteiger partial charge is 0.490 e. The Bertz CT molecular complexity index is 928. The molecule has 202 valence electrons. The molecule has 0 saturated carbocycles. The first kappa shape index (κ1) is 30.8. The molecule has 0 bridgehead atoms. The van der Waals surface area contributed by atoms with Gasteiger partial charge in [-0.3, -0.25) is 9.88 Å². The molecule has 0 unspecified atom stereocenters. The van der Waals surface area contributed by atoms with Gasteiger partial charge in [-0.05, 0) is 18.6 Å². The van der Waals surface area contributed by atoms with Gasteiger partial charge in [-0.15, -0.1) is 0 Å². The summed E-state index contributed by atoms with van der Waals surface area (Å²) in [6, 6.07) is 6.03. The van der Waals surface area contributed by atoms with Gasteiger partial charge < -0.3 is 24.6 Å². The Kier molecular flexibility index (Phi) is 12.3. The van der Waals surface area contributed by atoms with Crippen molar-refractivity contribution in [2.24, 2.45) is 0 Å². The van der Waals surface area contributed by atoms with Crippen molar-refractivity contribution in [1.82, 2.24) is 19.4 Å². The number of aliphatic carboxylic acids is 2. The van der Waals surface area contributed by atoms with E-state index in [0.29, 0.717) is 13.2 Å². The minimum Gasteiger partial charge on any atom is -0.475 e. The van der Waals surface area contributed by atoms with Gasteiger partial charge in [0.25, 0.3) is 0 Å². The van der Waals surface area contributed by atoms with Crippen molar-refractivity contribution in [3.8, 4) is 0 Å². The van der Waals surface area contributed by atoms with E-state index < -0.39 is 24.3 Å². The lowest BCUT2D eigenvalue weighted by molar-refractivity contribution is -0.193. The quantitative estimate of drug-likeness (QED) is 0.380. The number of hydrogen-bond acceptors (Lipinski definition) is 7. The van der Waals surface area contributed by atoms with Crippen LogP contribution >= 0.6 is 0 Å². The van der Waals surface area contributed by atoms with E-state index in [-0.39, 0.29) is 6.61 Å². The summed E-state index contributed by atoms with van der Waals surface area (Å²) in [4.78, 5) is 29.1. The summed E-state index contributed by atoms with van der Waals surface area (Å²) in [5, 5.41) is 23.1. The molecule has 0 fully saturated rings. The lowest BCUT2D eigenvalue weighted by Gasteiger charge is -2.19. The van der Waals surface area contributed by atoms with Gasteiger partial charge in [-0.25, -0.2) is 14.6 Å². The second kappa shape index (κ2) is 14.4. The Morgan fingerprint density at radius 3 is 2.11 bits per heavy atom. The van der Waals surface area contributed by atoms with Crippen molar-refractivity contribution in [3.63, 3.8) is 0 Å². The van der Waals surface area contributed by atoms with Crippen molar-refractivity contribution in [1.29, 1.82) is 0 Å². The number of ether oxygens (including phenoxy) is 1. The fraction of sp³-hybridized carbons (Fsp3) is 0.500. The Morgan fingerprint density at radius 2 is 1.61 bits per heavy atom. The maximum Gasteiger partial charge on any atom is 0.490 e. The first-order valence-electron chi connectivity index (χ1n) is 10.2. The SMILES string of the molecule is O=C(O)C(F)(F)F.O=C(O)C(F)(F)F.OCCOCc1ncn2c1CN(Cc1ccccn1)CCC2. The number of pyridine rings is 1. The molecular formula is C20H24F6N4O6. The smallest absolute Gasteiger partial charge is 0.475 e. The number of aliphatic hydroxyl groups is 1. The number of nitrogens with zero attached hydrogens (tertiary/aromatic N) is 4. The minimum absolute atomic E-state index is 0.0435. The Morgan fingerprint density at radius 1 is 1.00 bits per heavy atom. The summed E-state index contributed by atoms with van der Waals surface area (Å²) in [5.41, 5.74) is 3.28. The summed E-state index contributed by atoms with van der Waals surface area (Å²) in [6.07, 6.45) is -5.32. The number of fused-ring (bicyclic) bond motifs is 1. The van der Waals surface area contributed by atoms with E-state index in [1.54, 1.807) is 0 Å². The number of carbonyl (C=O) groups is 2. The Balaban J connectivity index is 0.000000383. The summed E-state index contributed by atoms with van der Waals surface area (Å²) in [6.45, 7) is 4.60. The van der Waals surface area contributed by atoms with E-state index in [4.69, 9.17) is 29.6 Å². The molecule has 0 amide bonds. The van der Waals surface area contributed by atoms with Crippen LogP contribution in [0.1, 0.15) is 23.5 Å². The average Bonchev–Trinajstić information content (AvgIpc) is 3.03. The number of carboxylic acid groups (broad SMARTS) is 2. The Hall–Kier alpha value is -3.24. The van der Waals surface area contributed by atoms with Crippen molar-refractivity contribution < 1.29 is 56.0 Å². The van der Waals surface area contributed by atoms with E-state index in [9.17, 15) is 26.3 Å². The number of imidazole rings is 1. The third kappa shape index (κ3) is 11.5. The third-order valence-corrected chi connectivity index (χ3v) is 4.35. The van der Waals surface area contributed by atoms with Crippen molar-refractivity contribution in [2.45, 2.75) is 45.0 Å². The molecule has 2 aromatic heterocycles. The highest BCUT2D eigenvalue weighted by molar-refractivity contribution is 5.73. The number of aryl methyl sites for hydroxylation is 1. The second-order valence-corrected chi connectivity index (χ2v) is 7.10. The van der Waals surface area contributed by atoms with Crippen molar-refractivity contribution in [3.05, 3.63) is 47.8 Å². The highest BCUT2D eigenvalue weighted by Gasteiger charge is 2.38. The van der Waals surface area contributed by atoms with Crippen LogP contribution in [0.3, 0.4) is 0 Å². The number of halogens is 6. The molecule has 16 heteroatoms. The minimum atomic E-state index is -5.08. The third-order valence-electron chi connectivity index (χ3n) is 4.35. The maximum atomic E-state index is 10.6. The van der Waals surface area contributed by atoms with Gasteiger partial charge in [0, 0.05) is 32.4 Å². The van der Waals surface area contributed by atoms with Crippen LogP contribution in [0, 0.1) is 0 Å². The Labute approximate surface area is 200 Å². The predicted octanol–water partition coefficient (Wildman–Crippen LogP) is 2.46. The fourth-order valence-electron chi connectivity index (χ4n) is 2.79. The number of carboxylic acids is 2. The van der Waals surface area contributed by atoms with Gasteiger partial charge in [0.2, 0.25) is 0 Å². The van der Waals surface area contributed by atoms with Crippen molar-refractivity contribution in [2.75, 3.05) is 19.8 Å². The summed E-state index contributed by atoms with van der Waals surface area (Å²) in [5.74, 6) is -5.51. The molecule has 3 N–H and O–H groups in total. The van der Waals surface area contributed by atoms with Crippen LogP contribution in [-0.4, -0.2) is 78.8 Å². The zero-order chi connectivity index (χ0) is 27.4. The molecule has 0 atom stereocenters. The van der Waals surface area contributed by atoms with Crippen LogP contribution < -0.4 is 0 Å². The predicted molar refractivity (Wildman–Crippen MR) is 109 cm³/mol. The lowest BCUT2D eigenvalue weighted by Crippen LogP contribution is -2.24. The first-order chi connectivity index (χ1) is 16.8. The fourth-order valence-corrected chi connectivity index (χ4v) is 2.79. The van der Waals surface area contributed by atoms with Gasteiger partial charge in [-0.1, -0.05) is 6.07 Å². The van der Waals surface area contributed by atoms with Gasteiger partial charge in [0.1, 0.15) is 0 Å². The number of aliphatic hydroxyl groups excluding tert-OH is 1. The van der Waals surface area contributed by atoms with Gasteiger partial charge >= 0.3 is 24.3 Å². The summed E-state index contributed by atoms with van der Waals surface area (Å²) in [7, 11) is 0. The number of rotatable bonds is 6. The van der Waals surface area contributed by atoms with Crippen LogP contribution in [0.25, 0.3) is 0 Å². The molecular weight excluding hydrogens is 506 g/mol. The molecule has 36 heavy (non-hydrogen) atoms. The van der Waals surface area contributed by atoms with Gasteiger partial charge in [0.15, 0.2) is 0 Å². The number of alkyl halides is 6. The van der Waals surface area contributed by atoms with E-state index in [1.165, 1.54) is 5.69 Å². The maximum absolute atomic E-state index is 10.6. The normalized spacial score (nSPS) is 13.9. The van der Waals surface area contributed by atoms with Crippen LogP contribution in [0.5, 0.6) is 0 Å². The summed E-state index contributed by atoms with van der Waals surface area (Å²) < 4.78 is 71.1. The molecule has 3 heterocycles. The highest BCUT2D eigenvalue weighted by Crippen LogP contribution is 2.18. The zero-order valence-corrected chi connectivity index (χ0v) is 18.7. The average molecular weight is 530 g/mol. The summed E-state index contributed by atoms with van der Waals surface area (Å²) >= 11 is 0. The van der Waals surface area contributed by atoms with E-state index in [1.807, 2.05) is 24.7 Å². The molecule has 3 rings (SSSR count).